The first-order valence-corrected chi connectivity index (χ1v) is 33.8. The Labute approximate surface area is 518 Å². The second kappa shape index (κ2) is 24.2. The molecule has 0 amide bonds. The number of fused-ring (bicyclic) bond motifs is 12. The zero-order valence-electron chi connectivity index (χ0n) is 51.3. The second-order valence-electron chi connectivity index (χ2n) is 29.2. The molecule has 20 atom stereocenters. The molecule has 3 aromatic rings. The number of Topliss-reactive ketones (excluding diaryl/α,β-unsaturated/α-hetero) is 1. The molecule has 18 bridgehead atoms. The van der Waals surface area contributed by atoms with Crippen LogP contribution in [0.2, 0.25) is 0 Å². The van der Waals surface area contributed by atoms with Crippen molar-refractivity contribution in [1.29, 1.82) is 0 Å². The minimum Gasteiger partial charge on any atom is -0.507 e. The number of nitrogens with one attached hydrogen (secondary N) is 2. The molecule has 1 saturated heterocycles. The molecule has 0 radical (unpaired) electrons. The molecule has 3 aromatic carbocycles. The molecular weight excluding hydrogens is 1110 g/mol. The highest BCUT2D eigenvalue weighted by Gasteiger charge is 2.69. The number of carbonyl (C=O) groups excluding carboxylic acids is 3. The monoisotopic (exact) mass is 1200 g/mol. The van der Waals surface area contributed by atoms with Crippen LogP contribution in [-0.2, 0) is 43.1 Å². The van der Waals surface area contributed by atoms with Gasteiger partial charge in [-0.15, -0.1) is 0 Å². The molecule has 14 heteroatoms. The first kappa shape index (κ1) is 60.0. The maximum atomic E-state index is 16.2. The smallest absolute Gasteiger partial charge is 0.334 e. The van der Waals surface area contributed by atoms with E-state index in [0.717, 1.165) is 107 Å². The van der Waals surface area contributed by atoms with E-state index in [9.17, 15) is 40.2 Å². The summed E-state index contributed by atoms with van der Waals surface area (Å²) in [7, 11) is 1.84. The number of phenolic OH excluding ortho intramolecular Hbond substituents is 1. The van der Waals surface area contributed by atoms with Gasteiger partial charge in [-0.1, -0.05) is 86.1 Å². The fourth-order valence-corrected chi connectivity index (χ4v) is 19.6. The molecule has 468 valence electrons. The first-order chi connectivity index (χ1) is 42.5. The van der Waals surface area contributed by atoms with Crippen molar-refractivity contribution in [1.82, 2.24) is 5.32 Å². The number of rotatable bonds is 4. The number of aliphatic hydroxyl groups is 5. The van der Waals surface area contributed by atoms with Gasteiger partial charge in [0.25, 0.3) is 0 Å². The quantitative estimate of drug-likeness (QED) is 0.0693. The molecular formula is C74H90N2O12. The Hall–Kier alpha value is -5.55. The summed E-state index contributed by atoms with van der Waals surface area (Å²) in [6.45, 7) is 1.90. The first-order valence-electron chi connectivity index (χ1n) is 33.8. The van der Waals surface area contributed by atoms with Gasteiger partial charge in [0.2, 0.25) is 0 Å². The SMILES string of the molecule is CNC[C@H]1C#C[C@@H]2CC[C@@H]3O[C@@H](CC[C@@H]3C2)[C@@H](O)[C@](C)(O)CNc2cc([C@H]3C#C[C@@H]4CC(=O)Oc5c4cc(c(O)c5C4CCCCC4)C[C@H]4OC(=O)/C(=C\[C@H](O)Cc5cccc(c5)C[C@H]5C(=O)C[C@H]6CC[C@@H]7[C@@H]8CCCC[C@H]8[C@]4(O)[C@H]6[C@H]75)C3)cc(c2)[C@@H]1O. The second-order valence-corrected chi connectivity index (χ2v) is 29.2. The zero-order chi connectivity index (χ0) is 60.8. The van der Waals surface area contributed by atoms with Crippen molar-refractivity contribution in [2.75, 3.05) is 25.5 Å². The average molecular weight is 1200 g/mol. The third kappa shape index (κ3) is 11.1. The number of anilines is 1. The highest BCUT2D eigenvalue weighted by Crippen LogP contribution is 2.66. The van der Waals surface area contributed by atoms with Crippen molar-refractivity contribution < 1.29 is 59.2 Å². The Morgan fingerprint density at radius 3 is 2.32 bits per heavy atom. The van der Waals surface area contributed by atoms with Crippen LogP contribution in [0.15, 0.2) is 60.2 Å². The van der Waals surface area contributed by atoms with E-state index in [1.807, 2.05) is 43.4 Å². The average Bonchev–Trinajstić information content (AvgIpc) is 0.829. The number of phenols is 1. The van der Waals surface area contributed by atoms with Gasteiger partial charge in [0.05, 0.1) is 42.7 Å². The molecule has 0 unspecified atom stereocenters. The van der Waals surface area contributed by atoms with E-state index in [4.69, 9.17) is 14.2 Å². The number of ether oxygens (including phenoxy) is 3. The summed E-state index contributed by atoms with van der Waals surface area (Å²) < 4.78 is 20.1. The Balaban J connectivity index is 0.964. The lowest BCUT2D eigenvalue weighted by Crippen LogP contribution is -2.71. The van der Waals surface area contributed by atoms with Crippen LogP contribution in [0, 0.1) is 82.9 Å². The fourth-order valence-electron chi connectivity index (χ4n) is 19.6. The normalized spacial score (nSPS) is 40.3. The van der Waals surface area contributed by atoms with Crippen LogP contribution in [0.25, 0.3) is 0 Å². The van der Waals surface area contributed by atoms with E-state index in [1.54, 1.807) is 13.0 Å². The molecule has 7 fully saturated rings. The molecule has 88 heavy (non-hydrogen) atoms. The largest absolute Gasteiger partial charge is 0.507 e. The van der Waals surface area contributed by atoms with Crippen LogP contribution in [0.4, 0.5) is 5.69 Å². The van der Waals surface area contributed by atoms with Gasteiger partial charge in [-0.3, -0.25) is 9.59 Å². The molecule has 0 aromatic heterocycles. The van der Waals surface area contributed by atoms with Gasteiger partial charge < -0.3 is 55.5 Å². The highest BCUT2D eigenvalue weighted by atomic mass is 16.6. The lowest BCUT2D eigenvalue weighted by Gasteiger charge is -2.66. The topological polar surface area (TPSA) is 224 Å². The Bertz CT molecular complexity index is 3360. The maximum absolute atomic E-state index is 16.2. The van der Waals surface area contributed by atoms with Gasteiger partial charge in [-0.05, 0) is 197 Å². The van der Waals surface area contributed by atoms with Crippen LogP contribution < -0.4 is 15.4 Å². The van der Waals surface area contributed by atoms with Crippen molar-refractivity contribution in [2.45, 2.75) is 214 Å². The zero-order valence-corrected chi connectivity index (χ0v) is 51.3. The predicted octanol–water partition coefficient (Wildman–Crippen LogP) is 9.34. The molecule has 16 rings (SSSR count). The minimum atomic E-state index is -1.66. The summed E-state index contributed by atoms with van der Waals surface area (Å²) in [5, 5.41) is 83.9. The third-order valence-electron chi connectivity index (χ3n) is 23.8. The van der Waals surface area contributed by atoms with E-state index in [0.29, 0.717) is 65.1 Å². The van der Waals surface area contributed by atoms with E-state index >= 15 is 4.79 Å². The van der Waals surface area contributed by atoms with Gasteiger partial charge in [-0.25, -0.2) is 4.79 Å². The molecule has 6 aliphatic carbocycles. The van der Waals surface area contributed by atoms with Crippen molar-refractivity contribution in [3.8, 4) is 35.2 Å². The highest BCUT2D eigenvalue weighted by molar-refractivity contribution is 5.89. The molecule has 8 N–H and O–H groups in total. The standard InChI is InChI=1S/C74H90N2O12/c1-73(84)39-76-53-31-49(30-50(32-53)68(80)48(38-75-2)17-15-40-16-23-61-46(26-40)21-24-62(86-61)71(73)82)44-18-19-45-37-64(79)88-70-57(45)34-51(69(81)65(70)43-11-4-3-5-12-43)36-63-74(85)59-14-7-6-13-55(59)56-22-20-47-35-60(78)58(66(56)67(47)74)28-42-10-8-9-41(25-42)27-54(77)33-52(29-44)72(83)87-63/h8-10,25,30-34,40,43-48,54-56,58-59,61-63,66-68,71,75-77,80-82,84-85H,3-7,11-14,16,20-24,26-29,35-39H2,1-2H3/b52-33-/t40-,44+,45-,46-,47-,48-,54-,55+,56-,58+,59-,61+,62+,63-,66-,67-,68-,71-,73-,74-/m1/s1. The van der Waals surface area contributed by atoms with Crippen LogP contribution in [0.5, 0.6) is 11.5 Å². The number of esters is 2. The summed E-state index contributed by atoms with van der Waals surface area (Å²) in [4.78, 5) is 45.2. The number of aliphatic hydroxyl groups excluding tert-OH is 3. The number of hydrogen-bond donors (Lipinski definition) is 8. The van der Waals surface area contributed by atoms with Gasteiger partial charge in [-0.2, -0.15) is 0 Å². The summed E-state index contributed by atoms with van der Waals surface area (Å²) in [5.41, 5.74) is 1.96. The molecule has 0 spiro atoms. The van der Waals surface area contributed by atoms with Crippen LogP contribution in [0.3, 0.4) is 0 Å². The summed E-state index contributed by atoms with van der Waals surface area (Å²) in [6, 6.07) is 15.6. The fraction of sp³-hybridized carbons (Fsp3) is 0.635. The number of benzene rings is 3. The molecule has 14 nitrogen and oxygen atoms in total. The Morgan fingerprint density at radius 1 is 0.727 bits per heavy atom. The molecule has 7 heterocycles. The van der Waals surface area contributed by atoms with Crippen LogP contribution in [-0.4, -0.2) is 110 Å². The molecule has 13 aliphatic rings. The number of aromatic hydroxyl groups is 1. The van der Waals surface area contributed by atoms with E-state index in [-0.39, 0.29) is 115 Å². The minimum absolute atomic E-state index is 0.0186. The predicted molar refractivity (Wildman–Crippen MR) is 331 cm³/mol. The van der Waals surface area contributed by atoms with Gasteiger partial charge >= 0.3 is 11.9 Å². The van der Waals surface area contributed by atoms with Crippen LogP contribution >= 0.6 is 0 Å². The number of hydrogen-bond acceptors (Lipinski definition) is 14. The van der Waals surface area contributed by atoms with Crippen molar-refractivity contribution in [3.05, 3.63) is 99.1 Å². The van der Waals surface area contributed by atoms with Crippen molar-refractivity contribution in [3.63, 3.8) is 0 Å². The molecule has 7 aliphatic heterocycles. The van der Waals surface area contributed by atoms with E-state index < -0.39 is 71.4 Å². The van der Waals surface area contributed by atoms with E-state index in [1.165, 1.54) is 0 Å². The Morgan fingerprint density at radius 2 is 1.49 bits per heavy atom. The van der Waals surface area contributed by atoms with Gasteiger partial charge in [0, 0.05) is 72.5 Å². The number of ketones is 1. The summed E-state index contributed by atoms with van der Waals surface area (Å²) in [5.74, 6) is 10.6. The Kier molecular flexibility index (Phi) is 16.5. The summed E-state index contributed by atoms with van der Waals surface area (Å²) >= 11 is 0. The van der Waals surface area contributed by atoms with Crippen LogP contribution in [0.1, 0.15) is 192 Å². The van der Waals surface area contributed by atoms with E-state index in [2.05, 4.69) is 46.4 Å². The van der Waals surface area contributed by atoms with Gasteiger partial charge in [0.15, 0.2) is 0 Å². The summed E-state index contributed by atoms with van der Waals surface area (Å²) in [6.07, 6.45) is 10.6. The lowest BCUT2D eigenvalue weighted by molar-refractivity contribution is -0.265. The molecule has 6 saturated carbocycles. The van der Waals surface area contributed by atoms with Gasteiger partial charge in [0.1, 0.15) is 40.7 Å². The third-order valence-corrected chi connectivity index (χ3v) is 23.8. The van der Waals surface area contributed by atoms with Crippen molar-refractivity contribution >= 4 is 23.4 Å². The van der Waals surface area contributed by atoms with Crippen molar-refractivity contribution in [2.24, 2.45) is 59.2 Å². The maximum Gasteiger partial charge on any atom is 0.334 e. The lowest BCUT2D eigenvalue weighted by atomic mass is 9.40. The number of carbonyl (C=O) groups is 3.